The van der Waals surface area contributed by atoms with Crippen molar-refractivity contribution in [2.45, 2.75) is 26.4 Å². The van der Waals surface area contributed by atoms with Crippen LogP contribution >= 0.6 is 0 Å². The number of rotatable bonds is 4. The van der Waals surface area contributed by atoms with E-state index < -0.39 is 5.60 Å². The number of nitrogens with one attached hydrogen (secondary N) is 1. The molecule has 0 atom stereocenters. The molecule has 68 valence electrons. The first-order chi connectivity index (χ1) is 5.49. The van der Waals surface area contributed by atoms with Crippen molar-refractivity contribution in [2.75, 3.05) is 6.54 Å². The lowest BCUT2D eigenvalue weighted by Gasteiger charge is -2.25. The first kappa shape index (κ1) is 11.0. The van der Waals surface area contributed by atoms with Gasteiger partial charge in [0.1, 0.15) is 0 Å². The van der Waals surface area contributed by atoms with Crippen molar-refractivity contribution < 1.29 is 9.63 Å². The number of hydrazine groups is 1. The van der Waals surface area contributed by atoms with E-state index in [1.165, 1.54) is 0 Å². The monoisotopic (exact) mass is 170 g/mol. The molecule has 0 aliphatic rings. The maximum Gasteiger partial charge on any atom is 0.249 e. The number of terminal acetylenes is 1. The fourth-order valence-electron chi connectivity index (χ4n) is 0.510. The lowest BCUT2D eigenvalue weighted by atomic mass is 10.2. The third-order valence-electron chi connectivity index (χ3n) is 0.805. The van der Waals surface area contributed by atoms with Gasteiger partial charge in [-0.05, 0) is 20.8 Å². The molecule has 1 N–H and O–H groups in total. The van der Waals surface area contributed by atoms with E-state index in [4.69, 9.17) is 11.3 Å². The summed E-state index contributed by atoms with van der Waals surface area (Å²) >= 11 is 0. The van der Waals surface area contributed by atoms with E-state index in [-0.39, 0.29) is 6.54 Å². The minimum Gasteiger partial charge on any atom is -0.275 e. The van der Waals surface area contributed by atoms with Gasteiger partial charge in [-0.15, -0.1) is 11.6 Å². The molecule has 12 heavy (non-hydrogen) atoms. The van der Waals surface area contributed by atoms with E-state index in [2.05, 4.69) is 11.3 Å². The van der Waals surface area contributed by atoms with Gasteiger partial charge in [0.25, 0.3) is 0 Å². The van der Waals surface area contributed by atoms with Crippen molar-refractivity contribution in [3.05, 3.63) is 0 Å². The highest BCUT2D eigenvalue weighted by Crippen LogP contribution is 2.06. The lowest BCUT2D eigenvalue weighted by Crippen LogP contribution is -2.42. The fourth-order valence-corrected chi connectivity index (χ4v) is 0.510. The molecule has 0 saturated heterocycles. The van der Waals surface area contributed by atoms with Crippen molar-refractivity contribution in [1.82, 2.24) is 10.6 Å². The molecule has 1 amide bonds. The first-order valence-electron chi connectivity index (χ1n) is 3.60. The molecule has 0 fully saturated rings. The Kier molecular flexibility index (Phi) is 4.34. The van der Waals surface area contributed by atoms with Crippen LogP contribution < -0.4 is 5.43 Å². The highest BCUT2D eigenvalue weighted by molar-refractivity contribution is 5.44. The summed E-state index contributed by atoms with van der Waals surface area (Å²) < 4.78 is 0. The number of hydrogen-bond donors (Lipinski definition) is 1. The van der Waals surface area contributed by atoms with E-state index in [0.29, 0.717) is 6.41 Å². The van der Waals surface area contributed by atoms with Crippen molar-refractivity contribution in [3.8, 4) is 12.3 Å². The van der Waals surface area contributed by atoms with E-state index in [1.807, 2.05) is 20.8 Å². The quantitative estimate of drug-likeness (QED) is 0.375. The lowest BCUT2D eigenvalue weighted by molar-refractivity contribution is -0.236. The molecule has 4 nitrogen and oxygen atoms in total. The van der Waals surface area contributed by atoms with Gasteiger partial charge in [-0.25, -0.2) is 4.84 Å². The van der Waals surface area contributed by atoms with Gasteiger partial charge in [-0.1, -0.05) is 5.92 Å². The Morgan fingerprint density at radius 2 is 2.25 bits per heavy atom. The maximum absolute atomic E-state index is 10.4. The molecule has 4 heteroatoms. The zero-order valence-electron chi connectivity index (χ0n) is 7.63. The van der Waals surface area contributed by atoms with Crippen LogP contribution in [0.4, 0.5) is 0 Å². The molecule has 0 unspecified atom stereocenters. The van der Waals surface area contributed by atoms with Crippen LogP contribution in [0.1, 0.15) is 20.8 Å². The standard InChI is InChI=1S/C8H14N2O2/c1-5-6-9-10(7-11)12-8(2,3)4/h1,7,9H,6H2,2-4H3. The summed E-state index contributed by atoms with van der Waals surface area (Å²) in [7, 11) is 0. The van der Waals surface area contributed by atoms with Crippen molar-refractivity contribution >= 4 is 6.41 Å². The predicted octanol–water partition coefficient (Wildman–Crippen LogP) is 0.313. The van der Waals surface area contributed by atoms with Gasteiger partial charge in [0, 0.05) is 0 Å². The van der Waals surface area contributed by atoms with Gasteiger partial charge in [-0.3, -0.25) is 4.79 Å². The zero-order chi connectivity index (χ0) is 9.61. The molecule has 0 aromatic carbocycles. The molecule has 0 spiro atoms. The van der Waals surface area contributed by atoms with Crippen molar-refractivity contribution in [1.29, 1.82) is 0 Å². The molecule has 0 aliphatic heterocycles. The number of carbonyl (C=O) groups excluding carboxylic acids is 1. The minimum absolute atomic E-state index is 0.259. The molecule has 0 radical (unpaired) electrons. The Bertz CT molecular complexity index is 178. The Labute approximate surface area is 72.8 Å². The van der Waals surface area contributed by atoms with E-state index in [1.54, 1.807) is 0 Å². The van der Waals surface area contributed by atoms with Gasteiger partial charge >= 0.3 is 0 Å². The predicted molar refractivity (Wildman–Crippen MR) is 45.6 cm³/mol. The fraction of sp³-hybridized carbons (Fsp3) is 0.625. The average Bonchev–Trinajstić information content (AvgIpc) is 1.95. The molecule has 0 saturated carbocycles. The Morgan fingerprint density at radius 1 is 1.67 bits per heavy atom. The van der Waals surface area contributed by atoms with E-state index in [9.17, 15) is 4.79 Å². The molecule has 0 aliphatic carbocycles. The minimum atomic E-state index is -0.414. The summed E-state index contributed by atoms with van der Waals surface area (Å²) in [6.07, 6.45) is 5.51. The van der Waals surface area contributed by atoms with Gasteiger partial charge in [0.15, 0.2) is 0 Å². The molecule has 0 aromatic heterocycles. The van der Waals surface area contributed by atoms with Crippen LogP contribution in [0.15, 0.2) is 0 Å². The van der Waals surface area contributed by atoms with E-state index in [0.717, 1.165) is 5.17 Å². The Morgan fingerprint density at radius 3 is 2.58 bits per heavy atom. The van der Waals surface area contributed by atoms with E-state index >= 15 is 0 Å². The van der Waals surface area contributed by atoms with Crippen LogP contribution in [0.3, 0.4) is 0 Å². The summed E-state index contributed by atoms with van der Waals surface area (Å²) in [5.74, 6) is 2.33. The summed E-state index contributed by atoms with van der Waals surface area (Å²) in [5, 5.41) is 0.972. The number of hydroxylamine groups is 1. The van der Waals surface area contributed by atoms with Crippen molar-refractivity contribution in [2.24, 2.45) is 0 Å². The average molecular weight is 170 g/mol. The highest BCUT2D eigenvalue weighted by atomic mass is 16.7. The van der Waals surface area contributed by atoms with Gasteiger partial charge in [0.2, 0.25) is 6.41 Å². The second kappa shape index (κ2) is 4.75. The summed E-state index contributed by atoms with van der Waals surface area (Å²) in [6, 6.07) is 0. The maximum atomic E-state index is 10.4. The van der Waals surface area contributed by atoms with Crippen LogP contribution in [0.5, 0.6) is 0 Å². The number of nitrogens with zero attached hydrogens (tertiary/aromatic N) is 1. The molecule has 0 rings (SSSR count). The van der Waals surface area contributed by atoms with Crippen LogP contribution in [0.2, 0.25) is 0 Å². The molecular weight excluding hydrogens is 156 g/mol. The van der Waals surface area contributed by atoms with Crippen LogP contribution in [-0.4, -0.2) is 23.7 Å². The molecule has 0 bridgehead atoms. The Hall–Kier alpha value is -1.05. The second-order valence-corrected chi connectivity index (χ2v) is 3.17. The van der Waals surface area contributed by atoms with Gasteiger partial charge in [-0.2, -0.15) is 5.43 Å². The summed E-state index contributed by atoms with van der Waals surface area (Å²) in [4.78, 5) is 15.5. The largest absolute Gasteiger partial charge is 0.275 e. The van der Waals surface area contributed by atoms with Crippen LogP contribution in [0.25, 0.3) is 0 Å². The van der Waals surface area contributed by atoms with Crippen molar-refractivity contribution in [3.63, 3.8) is 0 Å². The Balaban J connectivity index is 3.85. The van der Waals surface area contributed by atoms with Gasteiger partial charge in [0.05, 0.1) is 12.1 Å². The number of amides is 1. The summed E-state index contributed by atoms with van der Waals surface area (Å²) in [5.41, 5.74) is 2.17. The van der Waals surface area contributed by atoms with Crippen LogP contribution in [0, 0.1) is 12.3 Å². The molecular formula is C8H14N2O2. The SMILES string of the molecule is C#CCNN(C=O)OC(C)(C)C. The normalized spacial score (nSPS) is 10.5. The highest BCUT2D eigenvalue weighted by Gasteiger charge is 2.15. The third kappa shape index (κ3) is 5.71. The topological polar surface area (TPSA) is 41.6 Å². The van der Waals surface area contributed by atoms with Gasteiger partial charge < -0.3 is 0 Å². The summed E-state index contributed by atoms with van der Waals surface area (Å²) in [6.45, 7) is 5.76. The zero-order valence-corrected chi connectivity index (χ0v) is 7.63. The molecule has 0 aromatic rings. The number of hydrogen-bond acceptors (Lipinski definition) is 3. The first-order valence-corrected chi connectivity index (χ1v) is 3.60. The van der Waals surface area contributed by atoms with Crippen LogP contribution in [-0.2, 0) is 9.63 Å². The third-order valence-corrected chi connectivity index (χ3v) is 0.805. The second-order valence-electron chi connectivity index (χ2n) is 3.17. The molecule has 0 heterocycles. The smallest absolute Gasteiger partial charge is 0.249 e. The number of carbonyl (C=O) groups is 1.